The third kappa shape index (κ3) is 3.50. The van der Waals surface area contributed by atoms with Gasteiger partial charge in [0.1, 0.15) is 0 Å². The quantitative estimate of drug-likeness (QED) is 0.873. The van der Waals surface area contributed by atoms with Crippen molar-refractivity contribution < 1.29 is 9.53 Å². The van der Waals surface area contributed by atoms with Gasteiger partial charge >= 0.3 is 5.97 Å². The van der Waals surface area contributed by atoms with Crippen molar-refractivity contribution in [1.29, 1.82) is 0 Å². The number of rotatable bonds is 4. The van der Waals surface area contributed by atoms with Crippen molar-refractivity contribution in [1.82, 2.24) is 0 Å². The number of ether oxygens (including phenoxy) is 1. The van der Waals surface area contributed by atoms with Gasteiger partial charge in [0, 0.05) is 6.04 Å². The van der Waals surface area contributed by atoms with Gasteiger partial charge in [-0.2, -0.15) is 0 Å². The summed E-state index contributed by atoms with van der Waals surface area (Å²) in [5.74, 6) is -0.292. The van der Waals surface area contributed by atoms with Crippen molar-refractivity contribution in [2.45, 2.75) is 26.3 Å². The normalized spacial score (nSPS) is 12.0. The monoisotopic (exact) mass is 283 g/mol. The lowest BCUT2D eigenvalue weighted by Crippen LogP contribution is -2.16. The number of benzene rings is 2. The summed E-state index contributed by atoms with van der Waals surface area (Å²) in [5, 5.41) is 0. The first-order chi connectivity index (χ1) is 10.0. The average molecular weight is 283 g/mol. The van der Waals surface area contributed by atoms with Crippen molar-refractivity contribution in [2.24, 2.45) is 5.73 Å². The van der Waals surface area contributed by atoms with E-state index in [0.29, 0.717) is 0 Å². The highest BCUT2D eigenvalue weighted by molar-refractivity contribution is 5.72. The molecule has 1 atom stereocenters. The maximum absolute atomic E-state index is 11.4. The molecule has 2 rings (SSSR count). The van der Waals surface area contributed by atoms with E-state index in [1.54, 1.807) is 0 Å². The molecule has 0 saturated heterocycles. The van der Waals surface area contributed by atoms with E-state index in [-0.39, 0.29) is 18.4 Å². The van der Waals surface area contributed by atoms with Gasteiger partial charge in [0.25, 0.3) is 0 Å². The summed E-state index contributed by atoms with van der Waals surface area (Å²) in [6.07, 6.45) is 0.187. The fourth-order valence-electron chi connectivity index (χ4n) is 2.58. The minimum atomic E-state index is -0.346. The molecule has 3 nitrogen and oxygen atoms in total. The van der Waals surface area contributed by atoms with E-state index in [1.165, 1.54) is 23.8 Å². The van der Waals surface area contributed by atoms with E-state index in [2.05, 4.69) is 48.9 Å². The van der Waals surface area contributed by atoms with Crippen LogP contribution >= 0.6 is 0 Å². The van der Waals surface area contributed by atoms with Crippen molar-refractivity contribution >= 4 is 5.97 Å². The Labute approximate surface area is 125 Å². The molecule has 0 unspecified atom stereocenters. The lowest BCUT2D eigenvalue weighted by Gasteiger charge is -2.14. The average Bonchev–Trinajstić information content (AvgIpc) is 2.47. The fraction of sp³-hybridized carbons (Fsp3) is 0.278. The van der Waals surface area contributed by atoms with Crippen molar-refractivity contribution in [2.75, 3.05) is 7.11 Å². The van der Waals surface area contributed by atoms with Gasteiger partial charge in [-0.15, -0.1) is 0 Å². The zero-order valence-electron chi connectivity index (χ0n) is 12.7. The summed E-state index contributed by atoms with van der Waals surface area (Å²) in [6, 6.07) is 14.0. The Morgan fingerprint density at radius 3 is 2.38 bits per heavy atom. The zero-order chi connectivity index (χ0) is 15.4. The minimum absolute atomic E-state index is 0.187. The Morgan fingerprint density at radius 1 is 1.14 bits per heavy atom. The molecule has 0 spiro atoms. The van der Waals surface area contributed by atoms with Crippen molar-refractivity contribution in [3.8, 4) is 11.1 Å². The molecule has 0 aliphatic heterocycles. The molecule has 0 saturated carbocycles. The highest BCUT2D eigenvalue weighted by Crippen LogP contribution is 2.29. The van der Waals surface area contributed by atoms with Crippen LogP contribution < -0.4 is 5.73 Å². The number of carbonyl (C=O) groups excluding carboxylic acids is 1. The van der Waals surface area contributed by atoms with Gasteiger partial charge < -0.3 is 10.5 Å². The van der Waals surface area contributed by atoms with E-state index < -0.39 is 0 Å². The molecule has 110 valence electrons. The molecule has 21 heavy (non-hydrogen) atoms. The Morgan fingerprint density at radius 2 is 1.76 bits per heavy atom. The third-order valence-corrected chi connectivity index (χ3v) is 3.70. The van der Waals surface area contributed by atoms with Crippen LogP contribution in [0, 0.1) is 13.8 Å². The third-order valence-electron chi connectivity index (χ3n) is 3.70. The summed E-state index contributed by atoms with van der Waals surface area (Å²) >= 11 is 0. The summed E-state index contributed by atoms with van der Waals surface area (Å²) in [4.78, 5) is 11.4. The predicted octanol–water partition coefficient (Wildman–Crippen LogP) is 3.53. The second-order valence-corrected chi connectivity index (χ2v) is 5.28. The highest BCUT2D eigenvalue weighted by atomic mass is 16.5. The Bertz CT molecular complexity index is 629. The summed E-state index contributed by atoms with van der Waals surface area (Å²) in [5.41, 5.74) is 11.9. The molecule has 2 aromatic carbocycles. The topological polar surface area (TPSA) is 52.3 Å². The number of esters is 1. The first kappa shape index (κ1) is 15.3. The molecular weight excluding hydrogens is 262 g/mol. The molecule has 0 radical (unpaired) electrons. The second-order valence-electron chi connectivity index (χ2n) is 5.28. The largest absolute Gasteiger partial charge is 0.469 e. The van der Waals surface area contributed by atoms with Crippen LogP contribution in [0.15, 0.2) is 42.5 Å². The molecule has 0 fully saturated rings. The molecule has 0 bridgehead atoms. The number of hydrogen-bond acceptors (Lipinski definition) is 3. The van der Waals surface area contributed by atoms with E-state index in [1.807, 2.05) is 12.1 Å². The molecule has 0 heterocycles. The van der Waals surface area contributed by atoms with Crippen molar-refractivity contribution in [3.63, 3.8) is 0 Å². The first-order valence-corrected chi connectivity index (χ1v) is 7.02. The van der Waals surface area contributed by atoms with Gasteiger partial charge in [0.2, 0.25) is 0 Å². The van der Waals surface area contributed by atoms with Gasteiger partial charge in [-0.25, -0.2) is 0 Å². The lowest BCUT2D eigenvalue weighted by atomic mass is 9.93. The van der Waals surface area contributed by atoms with Crippen LogP contribution in [-0.4, -0.2) is 13.1 Å². The van der Waals surface area contributed by atoms with Crippen LogP contribution in [0.5, 0.6) is 0 Å². The van der Waals surface area contributed by atoms with E-state index in [4.69, 9.17) is 5.73 Å². The van der Waals surface area contributed by atoms with Crippen LogP contribution in [0.2, 0.25) is 0 Å². The first-order valence-electron chi connectivity index (χ1n) is 7.02. The van der Waals surface area contributed by atoms with Gasteiger partial charge in [0.15, 0.2) is 0 Å². The highest BCUT2D eigenvalue weighted by Gasteiger charge is 2.13. The fourth-order valence-corrected chi connectivity index (χ4v) is 2.58. The summed E-state index contributed by atoms with van der Waals surface area (Å²) in [6.45, 7) is 4.20. The van der Waals surface area contributed by atoms with Gasteiger partial charge in [-0.1, -0.05) is 36.4 Å². The second kappa shape index (κ2) is 6.55. The Balaban J connectivity index is 2.36. The predicted molar refractivity (Wildman–Crippen MR) is 84.9 cm³/mol. The minimum Gasteiger partial charge on any atom is -0.469 e. The molecule has 2 aromatic rings. The molecule has 3 heteroatoms. The van der Waals surface area contributed by atoms with Crippen LogP contribution in [0.1, 0.15) is 29.2 Å². The number of carbonyl (C=O) groups is 1. The maximum Gasteiger partial charge on any atom is 0.307 e. The van der Waals surface area contributed by atoms with Crippen LogP contribution in [0.25, 0.3) is 11.1 Å². The lowest BCUT2D eigenvalue weighted by molar-refractivity contribution is -0.141. The smallest absolute Gasteiger partial charge is 0.307 e. The number of nitrogens with two attached hydrogens (primary N) is 1. The van der Waals surface area contributed by atoms with E-state index in [0.717, 1.165) is 11.1 Å². The van der Waals surface area contributed by atoms with Gasteiger partial charge in [0.05, 0.1) is 13.5 Å². The van der Waals surface area contributed by atoms with Crippen molar-refractivity contribution in [3.05, 3.63) is 59.2 Å². The SMILES string of the molecule is COC(=O)C[C@H](N)c1cccc(-c2c(C)cccc2C)c1. The zero-order valence-corrected chi connectivity index (χ0v) is 12.7. The molecule has 0 aliphatic rings. The Kier molecular flexibility index (Phi) is 4.76. The van der Waals surface area contributed by atoms with Crippen LogP contribution in [0.4, 0.5) is 0 Å². The molecule has 2 N–H and O–H groups in total. The van der Waals surface area contributed by atoms with E-state index in [9.17, 15) is 4.79 Å². The number of aryl methyl sites for hydroxylation is 2. The maximum atomic E-state index is 11.4. The van der Waals surface area contributed by atoms with Crippen LogP contribution in [-0.2, 0) is 9.53 Å². The standard InChI is InChI=1S/C18H21NO2/c1-12-6-4-7-13(2)18(12)15-9-5-8-14(10-15)16(19)11-17(20)21-3/h4-10,16H,11,19H2,1-3H3/t16-/m0/s1. The molecular formula is C18H21NO2. The van der Waals surface area contributed by atoms with Gasteiger partial charge in [-0.05, 0) is 47.7 Å². The van der Waals surface area contributed by atoms with Crippen LogP contribution in [0.3, 0.4) is 0 Å². The number of methoxy groups -OCH3 is 1. The summed E-state index contributed by atoms with van der Waals surface area (Å²) < 4.78 is 4.68. The Hall–Kier alpha value is -2.13. The molecule has 0 aliphatic carbocycles. The molecule has 0 amide bonds. The molecule has 0 aromatic heterocycles. The van der Waals surface area contributed by atoms with E-state index >= 15 is 0 Å². The number of hydrogen-bond donors (Lipinski definition) is 1. The van der Waals surface area contributed by atoms with Gasteiger partial charge in [-0.3, -0.25) is 4.79 Å². The summed E-state index contributed by atoms with van der Waals surface area (Å²) in [7, 11) is 1.38.